The fourth-order valence-corrected chi connectivity index (χ4v) is 4.37. The molecule has 5 heteroatoms. The molecular weight excluding hydrogens is 744 g/mol. The summed E-state index contributed by atoms with van der Waals surface area (Å²) in [6.45, 7) is 0. The second-order valence-corrected chi connectivity index (χ2v) is 9.62. The minimum Gasteiger partial charge on any atom is -0.405 e. The molecule has 0 saturated heterocycles. The van der Waals surface area contributed by atoms with Crippen LogP contribution in [0.3, 0.4) is 0 Å². The fraction of sp³-hybridized carbons (Fsp3) is 0.0476. The zero-order valence-corrected chi connectivity index (χ0v) is 30.2. The average Bonchev–Trinajstić information content (AvgIpc) is 3.95. The molecule has 0 heterocycles. The van der Waals surface area contributed by atoms with Crippen LogP contribution in [-0.2, 0) is 73.0 Å². The predicted molar refractivity (Wildman–Crippen MR) is 181 cm³/mol. The summed E-state index contributed by atoms with van der Waals surface area (Å²) < 4.78 is 6.63. The monoisotopic (exact) mass is 782 g/mol. The van der Waals surface area contributed by atoms with Crippen molar-refractivity contribution in [1.82, 2.24) is 0 Å². The molecule has 0 radical (unpaired) electrons. The van der Waals surface area contributed by atoms with Gasteiger partial charge in [0.2, 0.25) is 0 Å². The van der Waals surface area contributed by atoms with Gasteiger partial charge >= 0.3 is 68.3 Å². The van der Waals surface area contributed by atoms with Gasteiger partial charge in [0, 0.05) is 12.2 Å². The molecule has 0 bridgehead atoms. The van der Waals surface area contributed by atoms with Crippen molar-refractivity contribution in [3.63, 3.8) is 0 Å². The summed E-state index contributed by atoms with van der Waals surface area (Å²) in [6.07, 6.45) is -0.121. The second kappa shape index (κ2) is 27.9. The maximum absolute atomic E-state index is 6.63. The van der Waals surface area contributed by atoms with Gasteiger partial charge in [0.25, 0.3) is 0 Å². The average molecular weight is 782 g/mol. The molecule has 1 nitrogen and oxygen atoms in total. The zero-order valence-electron chi connectivity index (χ0n) is 25.8. The van der Waals surface area contributed by atoms with Crippen LogP contribution >= 0.6 is 0 Å². The summed E-state index contributed by atoms with van der Waals surface area (Å²) in [4.78, 5) is 0. The van der Waals surface area contributed by atoms with Crippen LogP contribution in [-0.4, -0.2) is 0 Å². The molecule has 8 aromatic carbocycles. The SMILES string of the molecule is [Fe+2].[Fe+2].[Fe+2].[Fe+2].c1cc[c-](C(OC([c-]2cccc2)[c-]2cccc2)[c-]2cccc2)c1.c1cc[cH-]c1.c1cc[cH-]c1.c1cc[cH-]c1.c1cc[cH-]c1. The van der Waals surface area contributed by atoms with E-state index >= 15 is 0 Å². The molecule has 0 aliphatic heterocycles. The predicted octanol–water partition coefficient (Wildman–Crippen LogP) is 11.1. The van der Waals surface area contributed by atoms with Crippen molar-refractivity contribution in [2.45, 2.75) is 12.2 Å². The van der Waals surface area contributed by atoms with E-state index in [1.54, 1.807) is 0 Å². The number of hydrogen-bond donors (Lipinski definition) is 0. The van der Waals surface area contributed by atoms with Crippen LogP contribution < -0.4 is 0 Å². The van der Waals surface area contributed by atoms with E-state index in [1.807, 2.05) is 121 Å². The Bertz CT molecular complexity index is 1240. The maximum Gasteiger partial charge on any atom is 2.00 e. The van der Waals surface area contributed by atoms with Crippen molar-refractivity contribution in [1.29, 1.82) is 0 Å². The van der Waals surface area contributed by atoms with Gasteiger partial charge < -0.3 is 4.74 Å². The molecule has 8 rings (SSSR count). The van der Waals surface area contributed by atoms with E-state index in [4.69, 9.17) is 4.74 Å². The van der Waals surface area contributed by atoms with Crippen molar-refractivity contribution in [2.24, 2.45) is 0 Å². The Balaban J connectivity index is 0.000000717. The third-order valence-corrected chi connectivity index (χ3v) is 6.46. The van der Waals surface area contributed by atoms with Gasteiger partial charge in [-0.2, -0.15) is 121 Å². The molecule has 0 N–H and O–H groups in total. The number of ether oxygens (including phenoxy) is 1. The quantitative estimate of drug-likeness (QED) is 0.121. The molecule has 0 atom stereocenters. The normalized spacial score (nSPS) is 9.06. The maximum atomic E-state index is 6.63. The summed E-state index contributed by atoms with van der Waals surface area (Å²) in [7, 11) is 0. The van der Waals surface area contributed by atoms with Gasteiger partial charge in [-0.25, -0.2) is 97.1 Å². The molecule has 0 fully saturated rings. The summed E-state index contributed by atoms with van der Waals surface area (Å²) in [6, 6.07) is 73.6. The van der Waals surface area contributed by atoms with Crippen LogP contribution in [0.25, 0.3) is 0 Å². The summed E-state index contributed by atoms with van der Waals surface area (Å²) in [5.74, 6) is 0. The Labute approximate surface area is 323 Å². The minimum absolute atomic E-state index is 0. The largest absolute Gasteiger partial charge is 2.00 e. The van der Waals surface area contributed by atoms with E-state index in [0.717, 1.165) is 0 Å². The topological polar surface area (TPSA) is 9.23 Å². The third-order valence-electron chi connectivity index (χ3n) is 6.46. The Morgan fingerprint density at radius 3 is 0.574 bits per heavy atom. The van der Waals surface area contributed by atoms with Crippen LogP contribution in [0.2, 0.25) is 0 Å². The molecular formula is C42H38Fe4O. The minimum atomic E-state index is -0.0604. The Morgan fingerprint density at radius 2 is 0.447 bits per heavy atom. The van der Waals surface area contributed by atoms with Gasteiger partial charge in [0.1, 0.15) is 0 Å². The van der Waals surface area contributed by atoms with Gasteiger partial charge in [-0.05, 0) is 0 Å². The molecule has 0 amide bonds. The molecule has 0 aliphatic carbocycles. The molecule has 0 aromatic heterocycles. The van der Waals surface area contributed by atoms with Crippen LogP contribution in [0.1, 0.15) is 34.5 Å². The van der Waals surface area contributed by atoms with Crippen LogP contribution in [0.15, 0.2) is 218 Å². The summed E-state index contributed by atoms with van der Waals surface area (Å²) in [5, 5.41) is 0. The van der Waals surface area contributed by atoms with Gasteiger partial charge in [0.15, 0.2) is 0 Å². The first-order chi connectivity index (χ1) is 21.4. The summed E-state index contributed by atoms with van der Waals surface area (Å²) >= 11 is 0. The third kappa shape index (κ3) is 17.0. The first-order valence-electron chi connectivity index (χ1n) is 14.6. The van der Waals surface area contributed by atoms with E-state index in [1.165, 1.54) is 22.3 Å². The molecule has 0 aliphatic rings. The van der Waals surface area contributed by atoms with Crippen molar-refractivity contribution in [3.05, 3.63) is 241 Å². The van der Waals surface area contributed by atoms with E-state index in [9.17, 15) is 0 Å². The molecule has 0 unspecified atom stereocenters. The van der Waals surface area contributed by atoms with Gasteiger partial charge in [-0.3, -0.25) is 0 Å². The van der Waals surface area contributed by atoms with Crippen molar-refractivity contribution in [3.8, 4) is 0 Å². The molecule has 47 heavy (non-hydrogen) atoms. The second-order valence-electron chi connectivity index (χ2n) is 9.62. The molecule has 0 spiro atoms. The number of rotatable bonds is 6. The summed E-state index contributed by atoms with van der Waals surface area (Å²) in [5.41, 5.74) is 4.78. The van der Waals surface area contributed by atoms with Crippen LogP contribution in [0.4, 0.5) is 0 Å². The van der Waals surface area contributed by atoms with Crippen molar-refractivity contribution in [2.75, 3.05) is 0 Å². The molecule has 244 valence electrons. The fourth-order valence-electron chi connectivity index (χ4n) is 4.37. The van der Waals surface area contributed by atoms with Crippen molar-refractivity contribution < 1.29 is 73.0 Å². The number of hydrogen-bond acceptors (Lipinski definition) is 1. The van der Waals surface area contributed by atoms with Crippen LogP contribution in [0, 0.1) is 0 Å². The molecule has 8 aromatic rings. The first-order valence-corrected chi connectivity index (χ1v) is 14.6. The standard InChI is InChI=1S/C22H18O.4C5H5.4Fe/c1-2-10-17(9-1)21(18-11-3-4-12-18)23-22(19-13-5-6-14-19)20-15-7-8-16-20;4*1-2-4-5-3-1;;;;/h1-16,21-22H;4*1-5H;;;;/q-4;4*-1;4*+2. The van der Waals surface area contributed by atoms with Gasteiger partial charge in [-0.1, -0.05) is 0 Å². The Hall–Kier alpha value is -3.16. The van der Waals surface area contributed by atoms with Crippen LogP contribution in [0.5, 0.6) is 0 Å². The molecule has 0 saturated carbocycles. The van der Waals surface area contributed by atoms with Gasteiger partial charge in [-0.15, -0.1) is 22.3 Å². The van der Waals surface area contributed by atoms with E-state index in [0.29, 0.717) is 0 Å². The zero-order chi connectivity index (χ0) is 29.6. The van der Waals surface area contributed by atoms with E-state index in [2.05, 4.69) is 97.1 Å². The Kier molecular flexibility index (Phi) is 26.0. The van der Waals surface area contributed by atoms with Crippen molar-refractivity contribution >= 4 is 0 Å². The van der Waals surface area contributed by atoms with E-state index in [-0.39, 0.29) is 80.5 Å². The smallest absolute Gasteiger partial charge is 0.405 e. The van der Waals surface area contributed by atoms with Gasteiger partial charge in [0.05, 0.1) is 0 Å². The first kappa shape index (κ1) is 43.8. The van der Waals surface area contributed by atoms with E-state index < -0.39 is 0 Å². The Morgan fingerprint density at radius 1 is 0.277 bits per heavy atom.